The van der Waals surface area contributed by atoms with Gasteiger partial charge in [-0.1, -0.05) is 12.6 Å². The van der Waals surface area contributed by atoms with Crippen molar-refractivity contribution in [3.8, 4) is 5.69 Å². The third kappa shape index (κ3) is 6.00. The molecule has 11 heteroatoms. The number of hydrogen-bond donors (Lipinski definition) is 2. The Balaban J connectivity index is 1.38. The van der Waals surface area contributed by atoms with Gasteiger partial charge in [0.05, 0.1) is 17.7 Å². The maximum absolute atomic E-state index is 15.2. The van der Waals surface area contributed by atoms with Crippen molar-refractivity contribution in [1.82, 2.24) is 19.4 Å². The molecule has 0 atom stereocenters. The summed E-state index contributed by atoms with van der Waals surface area (Å²) in [6, 6.07) is 13.5. The zero-order valence-corrected chi connectivity index (χ0v) is 22.1. The minimum Gasteiger partial charge on any atom is -0.383 e. The maximum Gasteiger partial charge on any atom is 0.247 e. The normalized spacial score (nSPS) is 13.8. The Bertz CT molecular complexity index is 1600. The van der Waals surface area contributed by atoms with Gasteiger partial charge in [-0.3, -0.25) is 14.5 Å². The number of pyridine rings is 1. The Kier molecular flexibility index (Phi) is 8.13. The lowest BCUT2D eigenvalue weighted by atomic mass is 10.2. The fourth-order valence-corrected chi connectivity index (χ4v) is 4.60. The zero-order valence-electron chi connectivity index (χ0n) is 22.1. The number of ether oxygens (including phenoxy) is 1. The number of rotatable bonds is 9. The van der Waals surface area contributed by atoms with Crippen LogP contribution in [0, 0.1) is 5.82 Å². The van der Waals surface area contributed by atoms with Crippen molar-refractivity contribution >= 4 is 40.0 Å². The first kappa shape index (κ1) is 27.0. The molecule has 1 saturated heterocycles. The lowest BCUT2D eigenvalue weighted by Gasteiger charge is -2.36. The molecule has 206 valence electrons. The van der Waals surface area contributed by atoms with E-state index in [1.165, 1.54) is 24.4 Å². The van der Waals surface area contributed by atoms with Crippen LogP contribution in [-0.2, 0) is 9.53 Å². The number of benzene rings is 2. The lowest BCUT2D eigenvalue weighted by Crippen LogP contribution is -2.47. The summed E-state index contributed by atoms with van der Waals surface area (Å²) in [5.41, 5.74) is 2.34. The number of nitrogens with one attached hydrogen (secondary N) is 2. The highest BCUT2D eigenvalue weighted by molar-refractivity contribution is 5.99. The summed E-state index contributed by atoms with van der Waals surface area (Å²) in [6.07, 6.45) is 4.20. The fraction of sp³-hybridized carbons (Fsp3) is 0.241. The maximum atomic E-state index is 15.2. The van der Waals surface area contributed by atoms with E-state index in [0.29, 0.717) is 29.0 Å². The molecule has 1 aliphatic rings. The van der Waals surface area contributed by atoms with Gasteiger partial charge in [-0.05, 0) is 42.5 Å². The van der Waals surface area contributed by atoms with Crippen molar-refractivity contribution in [2.75, 3.05) is 62.0 Å². The first-order valence-corrected chi connectivity index (χ1v) is 12.9. The van der Waals surface area contributed by atoms with E-state index in [1.54, 1.807) is 42.1 Å². The van der Waals surface area contributed by atoms with E-state index in [-0.39, 0.29) is 23.0 Å². The van der Waals surface area contributed by atoms with Gasteiger partial charge in [0, 0.05) is 75.4 Å². The summed E-state index contributed by atoms with van der Waals surface area (Å²) >= 11 is 0. The van der Waals surface area contributed by atoms with Crippen LogP contribution in [0.2, 0.25) is 0 Å². The number of hydrogen-bond acceptors (Lipinski definition) is 8. The molecule has 2 N–H and O–H groups in total. The molecule has 0 saturated carbocycles. The number of anilines is 4. The molecule has 0 unspecified atom stereocenters. The van der Waals surface area contributed by atoms with Gasteiger partial charge in [0.25, 0.3) is 0 Å². The van der Waals surface area contributed by atoms with E-state index in [9.17, 15) is 9.59 Å². The molecular formula is C29H30FN7O3. The number of methoxy groups -OCH3 is 1. The molecule has 2 aromatic carbocycles. The second kappa shape index (κ2) is 12.1. The van der Waals surface area contributed by atoms with Crippen LogP contribution < -0.4 is 21.0 Å². The second-order valence-corrected chi connectivity index (χ2v) is 9.34. The molecule has 1 fully saturated rings. The number of carbonyl (C=O) groups excluding carboxylic acids is 1. The standard InChI is InChI=1S/C29H30FN7O3/c1-3-27(39)32-20-5-4-6-22(17-20)37-10-9-26(38)23-19-31-29(34-28(23)37)33-25-8-7-21(18-24(25)30)36-13-11-35(12-14-36)15-16-40-2/h3-10,17-19H,1,11-16H2,2H3,(H,32,39)(H,31,33,34). The summed E-state index contributed by atoms with van der Waals surface area (Å²) < 4.78 is 22.0. The molecule has 4 aromatic rings. The van der Waals surface area contributed by atoms with Crippen LogP contribution >= 0.6 is 0 Å². The van der Waals surface area contributed by atoms with Crippen LogP contribution in [0.15, 0.2) is 78.4 Å². The van der Waals surface area contributed by atoms with Crippen LogP contribution in [0.3, 0.4) is 0 Å². The van der Waals surface area contributed by atoms with Crippen LogP contribution in [0.25, 0.3) is 16.7 Å². The molecule has 5 rings (SSSR count). The number of aromatic nitrogens is 3. The highest BCUT2D eigenvalue weighted by Crippen LogP contribution is 2.26. The summed E-state index contributed by atoms with van der Waals surface area (Å²) in [5, 5.41) is 5.97. The van der Waals surface area contributed by atoms with Crippen molar-refractivity contribution in [3.05, 3.63) is 89.6 Å². The molecule has 0 radical (unpaired) electrons. The summed E-state index contributed by atoms with van der Waals surface area (Å²) in [5.74, 6) is -0.631. The Morgan fingerprint density at radius 2 is 1.95 bits per heavy atom. The number of carbonyl (C=O) groups is 1. The number of amides is 1. The lowest BCUT2D eigenvalue weighted by molar-refractivity contribution is -0.111. The van der Waals surface area contributed by atoms with Crippen molar-refractivity contribution in [3.63, 3.8) is 0 Å². The van der Waals surface area contributed by atoms with Gasteiger partial charge >= 0.3 is 0 Å². The van der Waals surface area contributed by atoms with Crippen LogP contribution in [-0.4, -0.2) is 71.8 Å². The largest absolute Gasteiger partial charge is 0.383 e. The van der Waals surface area contributed by atoms with E-state index in [1.807, 2.05) is 12.1 Å². The van der Waals surface area contributed by atoms with E-state index in [4.69, 9.17) is 4.74 Å². The predicted molar refractivity (Wildman–Crippen MR) is 154 cm³/mol. The van der Waals surface area contributed by atoms with Crippen LogP contribution in [0.1, 0.15) is 0 Å². The van der Waals surface area contributed by atoms with Gasteiger partial charge < -0.3 is 24.8 Å². The smallest absolute Gasteiger partial charge is 0.247 e. The van der Waals surface area contributed by atoms with Gasteiger partial charge in [0.1, 0.15) is 5.82 Å². The average Bonchev–Trinajstić information content (AvgIpc) is 2.97. The highest BCUT2D eigenvalue weighted by atomic mass is 19.1. The van der Waals surface area contributed by atoms with Gasteiger partial charge in [-0.25, -0.2) is 9.37 Å². The van der Waals surface area contributed by atoms with Gasteiger partial charge in [-0.15, -0.1) is 0 Å². The van der Waals surface area contributed by atoms with Crippen molar-refractivity contribution in [2.45, 2.75) is 0 Å². The summed E-state index contributed by atoms with van der Waals surface area (Å²) in [7, 11) is 1.70. The van der Waals surface area contributed by atoms with E-state index in [0.717, 1.165) is 38.4 Å². The monoisotopic (exact) mass is 543 g/mol. The van der Waals surface area contributed by atoms with Crippen LogP contribution in [0.4, 0.5) is 27.4 Å². The molecule has 2 aromatic heterocycles. The number of fused-ring (bicyclic) bond motifs is 1. The topological polar surface area (TPSA) is 105 Å². The third-order valence-corrected chi connectivity index (χ3v) is 6.76. The Hall–Kier alpha value is -4.61. The second-order valence-electron chi connectivity index (χ2n) is 9.34. The molecule has 40 heavy (non-hydrogen) atoms. The number of halogens is 1. The number of nitrogens with zero attached hydrogens (tertiary/aromatic N) is 5. The average molecular weight is 544 g/mol. The van der Waals surface area contributed by atoms with Gasteiger partial charge in [-0.2, -0.15) is 4.98 Å². The minimum absolute atomic E-state index is 0.140. The molecular weight excluding hydrogens is 513 g/mol. The first-order chi connectivity index (χ1) is 19.4. The van der Waals surface area contributed by atoms with E-state index in [2.05, 4.69) is 37.0 Å². The molecule has 0 bridgehead atoms. The first-order valence-electron chi connectivity index (χ1n) is 12.9. The zero-order chi connectivity index (χ0) is 28.1. The predicted octanol–water partition coefficient (Wildman–Crippen LogP) is 3.56. The van der Waals surface area contributed by atoms with Crippen LogP contribution in [0.5, 0.6) is 0 Å². The van der Waals surface area contributed by atoms with Gasteiger partial charge in [0.2, 0.25) is 11.9 Å². The van der Waals surface area contributed by atoms with Crippen molar-refractivity contribution in [2.24, 2.45) is 0 Å². The molecule has 10 nitrogen and oxygen atoms in total. The summed E-state index contributed by atoms with van der Waals surface area (Å²) in [6.45, 7) is 8.44. The molecule has 0 spiro atoms. The third-order valence-electron chi connectivity index (χ3n) is 6.76. The highest BCUT2D eigenvalue weighted by Gasteiger charge is 2.18. The van der Waals surface area contributed by atoms with Crippen molar-refractivity contribution < 1.29 is 13.9 Å². The Morgan fingerprint density at radius 1 is 1.12 bits per heavy atom. The summed E-state index contributed by atoms with van der Waals surface area (Å²) in [4.78, 5) is 37.6. The van der Waals surface area contributed by atoms with E-state index < -0.39 is 5.82 Å². The fourth-order valence-electron chi connectivity index (χ4n) is 4.60. The van der Waals surface area contributed by atoms with Crippen molar-refractivity contribution in [1.29, 1.82) is 0 Å². The SMILES string of the molecule is C=CC(=O)Nc1cccc(-n2ccc(=O)c3cnc(Nc4ccc(N5CCN(CCOC)CC5)cc4F)nc32)c1. The molecule has 1 amide bonds. The molecule has 3 heterocycles. The van der Waals surface area contributed by atoms with E-state index >= 15 is 4.39 Å². The quantitative estimate of drug-likeness (QED) is 0.309. The van der Waals surface area contributed by atoms with Gasteiger partial charge in [0.15, 0.2) is 11.1 Å². The minimum atomic E-state index is -0.431. The Morgan fingerprint density at radius 3 is 2.70 bits per heavy atom. The number of piperazine rings is 1. The molecule has 1 aliphatic heterocycles. The molecule has 0 aliphatic carbocycles. The Labute approximate surface area is 230 Å².